The summed E-state index contributed by atoms with van der Waals surface area (Å²) in [5.74, 6) is 1.31. The van der Waals surface area contributed by atoms with E-state index in [9.17, 15) is 8.42 Å². The Morgan fingerprint density at radius 3 is 2.49 bits per heavy atom. The molecule has 5 rings (SSSR count). The van der Waals surface area contributed by atoms with Crippen LogP contribution in [0.5, 0.6) is 5.88 Å². The minimum Gasteiger partial charge on any atom is -0.473 e. The van der Waals surface area contributed by atoms with Crippen LogP contribution in [-0.2, 0) is 10.0 Å². The second-order valence-corrected chi connectivity index (χ2v) is 11.7. The highest BCUT2D eigenvalue weighted by Crippen LogP contribution is 2.38. The minimum absolute atomic E-state index is 0.00400. The molecule has 7 nitrogen and oxygen atoms in total. The van der Waals surface area contributed by atoms with Gasteiger partial charge in [0.2, 0.25) is 11.8 Å². The Kier molecular flexibility index (Phi) is 6.27. The van der Waals surface area contributed by atoms with Crippen molar-refractivity contribution in [2.45, 2.75) is 51.0 Å². The van der Waals surface area contributed by atoms with Crippen molar-refractivity contribution in [3.63, 3.8) is 0 Å². The van der Waals surface area contributed by atoms with Gasteiger partial charge in [0.05, 0.1) is 10.6 Å². The lowest BCUT2D eigenvalue weighted by molar-refractivity contribution is 0.174. The molecular weight excluding hydrogens is 460 g/mol. The predicted octanol–water partition coefficient (Wildman–Crippen LogP) is 4.67. The average Bonchev–Trinajstić information content (AvgIpc) is 3.01. The van der Waals surface area contributed by atoms with Gasteiger partial charge in [-0.05, 0) is 73.4 Å². The summed E-state index contributed by atoms with van der Waals surface area (Å²) in [6.45, 7) is 10.0. The topological polar surface area (TPSA) is 93.2 Å². The highest BCUT2D eigenvalue weighted by Gasteiger charge is 2.33. The van der Waals surface area contributed by atoms with Crippen molar-refractivity contribution in [2.24, 2.45) is 11.8 Å². The molecule has 1 fully saturated rings. The Bertz CT molecular complexity index is 1340. The van der Waals surface area contributed by atoms with Crippen molar-refractivity contribution in [3.05, 3.63) is 65.2 Å². The number of benzene rings is 2. The highest BCUT2D eigenvalue weighted by atomic mass is 32.2. The first-order chi connectivity index (χ1) is 16.7. The maximum atomic E-state index is 13.4. The Labute approximate surface area is 207 Å². The van der Waals surface area contributed by atoms with E-state index in [-0.39, 0.29) is 22.9 Å². The van der Waals surface area contributed by atoms with E-state index in [1.807, 2.05) is 50.2 Å². The zero-order chi connectivity index (χ0) is 24.7. The number of aromatic nitrogens is 2. The number of hydrogen-bond donors (Lipinski definition) is 2. The summed E-state index contributed by atoms with van der Waals surface area (Å²) >= 11 is 0. The lowest BCUT2D eigenvalue weighted by atomic mass is 9.77. The predicted molar refractivity (Wildman–Crippen MR) is 137 cm³/mol. The zero-order valence-corrected chi connectivity index (χ0v) is 21.4. The number of nitrogens with one attached hydrogen (secondary N) is 2. The first kappa shape index (κ1) is 23.8. The van der Waals surface area contributed by atoms with Crippen LogP contribution >= 0.6 is 0 Å². The quantitative estimate of drug-likeness (QED) is 0.540. The molecule has 8 heteroatoms. The smallest absolute Gasteiger partial charge is 0.264 e. The maximum absolute atomic E-state index is 13.4. The van der Waals surface area contributed by atoms with Crippen LogP contribution < -0.4 is 14.8 Å². The van der Waals surface area contributed by atoms with Gasteiger partial charge in [0.15, 0.2) is 0 Å². The summed E-state index contributed by atoms with van der Waals surface area (Å²) < 4.78 is 35.8. The number of nitrogens with zero attached hydrogens (tertiary/aromatic N) is 2. The number of sulfonamides is 1. The molecule has 6 bridgehead atoms. The Morgan fingerprint density at radius 1 is 1.00 bits per heavy atom. The first-order valence-corrected chi connectivity index (χ1v) is 13.7. The molecule has 0 aliphatic carbocycles. The van der Waals surface area contributed by atoms with E-state index in [4.69, 9.17) is 4.74 Å². The van der Waals surface area contributed by atoms with Crippen LogP contribution in [0.15, 0.2) is 53.4 Å². The average molecular weight is 493 g/mol. The van der Waals surface area contributed by atoms with E-state index < -0.39 is 10.0 Å². The molecule has 184 valence electrons. The van der Waals surface area contributed by atoms with Gasteiger partial charge >= 0.3 is 0 Å². The highest BCUT2D eigenvalue weighted by molar-refractivity contribution is 7.92. The third-order valence-corrected chi connectivity index (χ3v) is 8.52. The molecule has 2 N–H and O–H groups in total. The Balaban J connectivity index is 1.68. The Morgan fingerprint density at radius 2 is 1.74 bits per heavy atom. The van der Waals surface area contributed by atoms with Crippen LogP contribution in [0.3, 0.4) is 0 Å². The van der Waals surface area contributed by atoms with Gasteiger partial charge in [-0.1, -0.05) is 44.2 Å². The first-order valence-electron chi connectivity index (χ1n) is 12.2. The maximum Gasteiger partial charge on any atom is 0.264 e. The van der Waals surface area contributed by atoms with E-state index in [0.717, 1.165) is 35.2 Å². The van der Waals surface area contributed by atoms with Crippen molar-refractivity contribution in [2.75, 3.05) is 17.8 Å². The van der Waals surface area contributed by atoms with Crippen LogP contribution in [-0.4, -0.2) is 37.6 Å². The van der Waals surface area contributed by atoms with Gasteiger partial charge in [0, 0.05) is 18.2 Å². The molecule has 3 heterocycles. The van der Waals surface area contributed by atoms with E-state index in [1.165, 1.54) is 0 Å². The van der Waals surface area contributed by atoms with Crippen LogP contribution in [0.25, 0.3) is 11.3 Å². The third kappa shape index (κ3) is 4.77. The van der Waals surface area contributed by atoms with Crippen molar-refractivity contribution < 1.29 is 13.2 Å². The lowest BCUT2D eigenvalue weighted by Crippen LogP contribution is -2.31. The summed E-state index contributed by atoms with van der Waals surface area (Å²) in [6, 6.07) is 15.1. The fourth-order valence-corrected chi connectivity index (χ4v) is 6.41. The number of rotatable bonds is 2. The van der Waals surface area contributed by atoms with Gasteiger partial charge in [-0.3, -0.25) is 0 Å². The molecule has 1 saturated heterocycles. The summed E-state index contributed by atoms with van der Waals surface area (Å²) in [7, 11) is -3.89. The fourth-order valence-electron chi connectivity index (χ4n) is 5.41. The van der Waals surface area contributed by atoms with E-state index in [0.29, 0.717) is 30.0 Å². The normalized spacial score (nSPS) is 23.3. The van der Waals surface area contributed by atoms with Gasteiger partial charge in [-0.15, -0.1) is 0 Å². The molecule has 0 amide bonds. The SMILES string of the molecule is Cc1cccc(C)c1-c1cc2nc(n1)NS(=O)(=O)c1cccc(c1)C1C[C@@H](CNCC1C(C)C)O2. The molecule has 1 aromatic heterocycles. The third-order valence-electron chi connectivity index (χ3n) is 7.19. The molecule has 2 aliphatic rings. The summed E-state index contributed by atoms with van der Waals surface area (Å²) in [5.41, 5.74) is 4.70. The van der Waals surface area contributed by atoms with Gasteiger partial charge in [-0.25, -0.2) is 18.1 Å². The molecule has 35 heavy (non-hydrogen) atoms. The summed E-state index contributed by atoms with van der Waals surface area (Å²) in [5, 5.41) is 3.57. The van der Waals surface area contributed by atoms with Crippen LogP contribution in [0, 0.1) is 25.7 Å². The van der Waals surface area contributed by atoms with E-state index >= 15 is 0 Å². The van der Waals surface area contributed by atoms with E-state index in [1.54, 1.807) is 12.1 Å². The molecular formula is C27H32N4O3S. The number of aryl methyl sites for hydroxylation is 2. The summed E-state index contributed by atoms with van der Waals surface area (Å²) in [4.78, 5) is 9.28. The van der Waals surface area contributed by atoms with Crippen LogP contribution in [0.2, 0.25) is 0 Å². The standard InChI is InChI=1S/C27H32N4O3S/c1-16(2)23-15-28-14-20-12-22(23)19-9-6-10-21(11-19)35(32,33)31-27-29-24(13-25(30-27)34-20)26-17(3)7-5-8-18(26)4/h5-11,13,16,20,22-23,28H,12,14-15H2,1-4H3,(H,29,30,31)/t20-,22?,23?/m0/s1. The number of ether oxygens (including phenoxy) is 1. The fraction of sp³-hybridized carbons (Fsp3) is 0.407. The number of hydrogen-bond acceptors (Lipinski definition) is 6. The number of anilines is 1. The molecule has 2 aliphatic heterocycles. The van der Waals surface area contributed by atoms with Crippen molar-refractivity contribution in [1.82, 2.24) is 15.3 Å². The molecule has 0 saturated carbocycles. The van der Waals surface area contributed by atoms with Gasteiger partial charge < -0.3 is 10.1 Å². The zero-order valence-electron chi connectivity index (χ0n) is 20.6. The molecule has 0 radical (unpaired) electrons. The van der Waals surface area contributed by atoms with Gasteiger partial charge in [-0.2, -0.15) is 4.98 Å². The van der Waals surface area contributed by atoms with Crippen LogP contribution in [0.4, 0.5) is 5.95 Å². The van der Waals surface area contributed by atoms with Gasteiger partial charge in [0.1, 0.15) is 6.10 Å². The van der Waals surface area contributed by atoms with Gasteiger partial charge in [0.25, 0.3) is 10.0 Å². The largest absolute Gasteiger partial charge is 0.473 e. The van der Waals surface area contributed by atoms with E-state index in [2.05, 4.69) is 33.9 Å². The second kappa shape index (κ2) is 9.24. The summed E-state index contributed by atoms with van der Waals surface area (Å²) in [6.07, 6.45) is 0.655. The molecule has 2 unspecified atom stereocenters. The van der Waals surface area contributed by atoms with Crippen molar-refractivity contribution in [1.29, 1.82) is 0 Å². The van der Waals surface area contributed by atoms with Crippen molar-refractivity contribution in [3.8, 4) is 17.1 Å². The number of fused-ring (bicyclic) bond motifs is 7. The van der Waals surface area contributed by atoms with Crippen LogP contribution in [0.1, 0.15) is 42.9 Å². The monoisotopic (exact) mass is 492 g/mol. The molecule has 2 aromatic carbocycles. The Hall–Kier alpha value is -2.97. The lowest BCUT2D eigenvalue weighted by Gasteiger charge is -2.30. The van der Waals surface area contributed by atoms with Crippen molar-refractivity contribution >= 4 is 16.0 Å². The molecule has 3 aromatic rings. The molecule has 3 atom stereocenters. The second-order valence-electron chi connectivity index (χ2n) is 10.0. The molecule has 0 spiro atoms. The minimum atomic E-state index is -3.89.